The first-order chi connectivity index (χ1) is 7.84. The zero-order chi connectivity index (χ0) is 11.2. The molecule has 0 radical (unpaired) electrons. The third-order valence-electron chi connectivity index (χ3n) is 2.94. The van der Waals surface area contributed by atoms with Gasteiger partial charge in [0.25, 0.3) is 5.56 Å². The fraction of sp³-hybridized carbons (Fsp3) is 0.636. The van der Waals surface area contributed by atoms with Gasteiger partial charge in [-0.1, -0.05) is 0 Å². The molecule has 1 aromatic heterocycles. The topological polar surface area (TPSA) is 69.8 Å². The highest BCUT2D eigenvalue weighted by atomic mass is 16.1. The Labute approximate surface area is 94.7 Å². The predicted molar refractivity (Wildman–Crippen MR) is 63.6 cm³/mol. The van der Waals surface area contributed by atoms with E-state index in [-0.39, 0.29) is 5.56 Å². The lowest BCUT2D eigenvalue weighted by Gasteiger charge is -2.22. The molecule has 0 aromatic carbocycles. The number of piperidine rings is 1. The van der Waals surface area contributed by atoms with Crippen molar-refractivity contribution in [2.75, 3.05) is 25.0 Å². The van der Waals surface area contributed by atoms with Gasteiger partial charge in [-0.2, -0.15) is 0 Å². The van der Waals surface area contributed by atoms with Gasteiger partial charge in [0.15, 0.2) is 0 Å². The van der Waals surface area contributed by atoms with Crippen LogP contribution in [-0.2, 0) is 0 Å². The van der Waals surface area contributed by atoms with Gasteiger partial charge in [0.2, 0.25) is 0 Å². The number of nitrogens with one attached hydrogen (secondary N) is 3. The summed E-state index contributed by atoms with van der Waals surface area (Å²) in [7, 11) is 0. The molecule has 0 saturated carbocycles. The van der Waals surface area contributed by atoms with Gasteiger partial charge in [0, 0.05) is 12.6 Å². The number of aromatic nitrogens is 2. The van der Waals surface area contributed by atoms with Crippen LogP contribution in [0.1, 0.15) is 19.3 Å². The van der Waals surface area contributed by atoms with Crippen LogP contribution in [0, 0.1) is 5.92 Å². The van der Waals surface area contributed by atoms with Crippen molar-refractivity contribution in [2.24, 2.45) is 5.92 Å². The highest BCUT2D eigenvalue weighted by Crippen LogP contribution is 2.13. The van der Waals surface area contributed by atoms with Crippen molar-refractivity contribution in [3.8, 4) is 0 Å². The summed E-state index contributed by atoms with van der Waals surface area (Å²) in [6, 6.07) is 1.49. The van der Waals surface area contributed by atoms with E-state index in [9.17, 15) is 4.79 Å². The van der Waals surface area contributed by atoms with Crippen LogP contribution < -0.4 is 16.2 Å². The minimum atomic E-state index is -0.114. The average Bonchev–Trinajstić information content (AvgIpc) is 2.30. The first kappa shape index (κ1) is 11.1. The number of aromatic amines is 1. The van der Waals surface area contributed by atoms with Crippen molar-refractivity contribution >= 4 is 5.82 Å². The second-order valence-corrected chi connectivity index (χ2v) is 4.22. The van der Waals surface area contributed by atoms with Crippen molar-refractivity contribution in [3.05, 3.63) is 22.7 Å². The quantitative estimate of drug-likeness (QED) is 0.696. The van der Waals surface area contributed by atoms with Crippen molar-refractivity contribution in [1.29, 1.82) is 0 Å². The monoisotopic (exact) mass is 222 g/mol. The molecular weight excluding hydrogens is 204 g/mol. The molecule has 0 spiro atoms. The molecule has 5 heteroatoms. The molecule has 88 valence electrons. The Hall–Kier alpha value is -1.36. The molecule has 1 aromatic rings. The SMILES string of the molecule is O=c1cc(NCCC2CCCNC2)nc[nH]1. The molecule has 1 saturated heterocycles. The first-order valence-electron chi connectivity index (χ1n) is 5.84. The van der Waals surface area contributed by atoms with E-state index < -0.39 is 0 Å². The summed E-state index contributed by atoms with van der Waals surface area (Å²) >= 11 is 0. The van der Waals surface area contributed by atoms with Crippen LogP contribution in [0.15, 0.2) is 17.2 Å². The summed E-state index contributed by atoms with van der Waals surface area (Å²) in [6.45, 7) is 3.15. The average molecular weight is 222 g/mol. The number of nitrogens with zero attached hydrogens (tertiary/aromatic N) is 1. The maximum atomic E-state index is 11.0. The number of anilines is 1. The summed E-state index contributed by atoms with van der Waals surface area (Å²) in [4.78, 5) is 17.5. The molecule has 3 N–H and O–H groups in total. The molecule has 0 aliphatic carbocycles. The molecule has 1 atom stereocenters. The van der Waals surface area contributed by atoms with Crippen molar-refractivity contribution in [1.82, 2.24) is 15.3 Å². The molecule has 1 aliphatic rings. The minimum absolute atomic E-state index is 0.114. The van der Waals surface area contributed by atoms with E-state index in [0.29, 0.717) is 5.82 Å². The molecule has 0 bridgehead atoms. The second kappa shape index (κ2) is 5.65. The Balaban J connectivity index is 1.73. The molecule has 0 amide bonds. The van der Waals surface area contributed by atoms with Crippen LogP contribution in [0.25, 0.3) is 0 Å². The highest BCUT2D eigenvalue weighted by Gasteiger charge is 2.11. The van der Waals surface area contributed by atoms with E-state index in [1.54, 1.807) is 0 Å². The molecular formula is C11H18N4O. The van der Waals surface area contributed by atoms with Gasteiger partial charge in [0.05, 0.1) is 6.33 Å². The number of rotatable bonds is 4. The minimum Gasteiger partial charge on any atom is -0.370 e. The van der Waals surface area contributed by atoms with E-state index in [0.717, 1.165) is 32.0 Å². The number of hydrogen-bond donors (Lipinski definition) is 3. The molecule has 1 aliphatic heterocycles. The van der Waals surface area contributed by atoms with E-state index in [4.69, 9.17) is 0 Å². The van der Waals surface area contributed by atoms with Gasteiger partial charge in [0.1, 0.15) is 5.82 Å². The van der Waals surface area contributed by atoms with Gasteiger partial charge in [-0.15, -0.1) is 0 Å². The molecule has 2 rings (SSSR count). The van der Waals surface area contributed by atoms with Crippen LogP contribution in [0.3, 0.4) is 0 Å². The van der Waals surface area contributed by atoms with Gasteiger partial charge < -0.3 is 15.6 Å². The fourth-order valence-corrected chi connectivity index (χ4v) is 2.04. The van der Waals surface area contributed by atoms with Crippen LogP contribution in [0.2, 0.25) is 0 Å². The zero-order valence-corrected chi connectivity index (χ0v) is 9.33. The van der Waals surface area contributed by atoms with Crippen LogP contribution in [-0.4, -0.2) is 29.6 Å². The Bertz CT molecular complexity index is 370. The van der Waals surface area contributed by atoms with Gasteiger partial charge in [-0.25, -0.2) is 4.98 Å². The van der Waals surface area contributed by atoms with E-state index >= 15 is 0 Å². The summed E-state index contributed by atoms with van der Waals surface area (Å²) in [5.41, 5.74) is -0.114. The lowest BCUT2D eigenvalue weighted by atomic mass is 9.96. The smallest absolute Gasteiger partial charge is 0.252 e. The molecule has 16 heavy (non-hydrogen) atoms. The zero-order valence-electron chi connectivity index (χ0n) is 9.33. The maximum absolute atomic E-state index is 11.0. The molecule has 1 unspecified atom stereocenters. The van der Waals surface area contributed by atoms with E-state index in [2.05, 4.69) is 20.6 Å². The Morgan fingerprint density at radius 3 is 3.25 bits per heavy atom. The highest BCUT2D eigenvalue weighted by molar-refractivity contribution is 5.31. The summed E-state index contributed by atoms with van der Waals surface area (Å²) in [5.74, 6) is 1.41. The normalized spacial score (nSPS) is 20.6. The standard InChI is InChI=1S/C11H18N4O/c16-11-6-10(14-8-15-11)13-5-3-9-2-1-4-12-7-9/h6,8-9,12H,1-5,7H2,(H2,13,14,15,16). The van der Waals surface area contributed by atoms with Crippen LogP contribution in [0.4, 0.5) is 5.82 Å². The van der Waals surface area contributed by atoms with Crippen LogP contribution in [0.5, 0.6) is 0 Å². The maximum Gasteiger partial charge on any atom is 0.252 e. The lowest BCUT2D eigenvalue weighted by Crippen LogP contribution is -2.30. The first-order valence-corrected chi connectivity index (χ1v) is 5.84. The van der Waals surface area contributed by atoms with Crippen molar-refractivity contribution < 1.29 is 0 Å². The van der Waals surface area contributed by atoms with Gasteiger partial charge in [-0.05, 0) is 38.3 Å². The Morgan fingerprint density at radius 2 is 2.50 bits per heavy atom. The third kappa shape index (κ3) is 3.34. The fourth-order valence-electron chi connectivity index (χ4n) is 2.04. The summed E-state index contributed by atoms with van der Waals surface area (Å²) in [5, 5.41) is 6.57. The van der Waals surface area contributed by atoms with Crippen LogP contribution >= 0.6 is 0 Å². The van der Waals surface area contributed by atoms with Crippen molar-refractivity contribution in [2.45, 2.75) is 19.3 Å². The van der Waals surface area contributed by atoms with Crippen molar-refractivity contribution in [3.63, 3.8) is 0 Å². The molecule has 1 fully saturated rings. The summed E-state index contributed by atoms with van der Waals surface area (Å²) < 4.78 is 0. The largest absolute Gasteiger partial charge is 0.370 e. The second-order valence-electron chi connectivity index (χ2n) is 4.22. The summed E-state index contributed by atoms with van der Waals surface area (Å²) in [6.07, 6.45) is 5.12. The van der Waals surface area contributed by atoms with Gasteiger partial charge in [-0.3, -0.25) is 4.79 Å². The number of H-pyrrole nitrogens is 1. The Kier molecular flexibility index (Phi) is 3.93. The third-order valence-corrected chi connectivity index (χ3v) is 2.94. The van der Waals surface area contributed by atoms with E-state index in [1.165, 1.54) is 25.2 Å². The van der Waals surface area contributed by atoms with Gasteiger partial charge >= 0.3 is 0 Å². The lowest BCUT2D eigenvalue weighted by molar-refractivity contribution is 0.364. The Morgan fingerprint density at radius 1 is 1.56 bits per heavy atom. The predicted octanol–water partition coefficient (Wildman–Crippen LogP) is 0.571. The van der Waals surface area contributed by atoms with E-state index in [1.807, 2.05) is 0 Å². The molecule has 2 heterocycles. The molecule has 5 nitrogen and oxygen atoms in total. The number of hydrogen-bond acceptors (Lipinski definition) is 4.